The summed E-state index contributed by atoms with van der Waals surface area (Å²) in [5.74, 6) is 0.941. The molecular formula is C19H22N2O2. The van der Waals surface area contributed by atoms with E-state index in [-0.39, 0.29) is 5.92 Å². The third kappa shape index (κ3) is 2.33. The van der Waals surface area contributed by atoms with E-state index in [4.69, 9.17) is 4.74 Å². The molecule has 2 aromatic rings. The highest BCUT2D eigenvalue weighted by molar-refractivity contribution is 5.48. The molecule has 4 nitrogen and oxygen atoms in total. The molecule has 0 spiro atoms. The first-order valence-corrected chi connectivity index (χ1v) is 8.27. The minimum atomic E-state index is -1.03. The van der Waals surface area contributed by atoms with Crippen molar-refractivity contribution in [3.05, 3.63) is 59.4 Å². The van der Waals surface area contributed by atoms with E-state index in [0.29, 0.717) is 6.61 Å². The number of para-hydroxylation sites is 1. The molecule has 0 amide bonds. The van der Waals surface area contributed by atoms with E-state index in [1.807, 2.05) is 36.4 Å². The van der Waals surface area contributed by atoms with Gasteiger partial charge >= 0.3 is 0 Å². The maximum Gasteiger partial charge on any atom is 0.131 e. The Kier molecular flexibility index (Phi) is 3.58. The van der Waals surface area contributed by atoms with Crippen LogP contribution < -0.4 is 4.74 Å². The Bertz CT molecular complexity index is 661. The molecule has 4 heteroatoms. The first-order chi connectivity index (χ1) is 11.2. The van der Waals surface area contributed by atoms with Crippen LogP contribution >= 0.6 is 0 Å². The fourth-order valence-corrected chi connectivity index (χ4v) is 3.96. The Morgan fingerprint density at radius 2 is 1.87 bits per heavy atom. The lowest BCUT2D eigenvalue weighted by molar-refractivity contribution is -0.0115. The summed E-state index contributed by atoms with van der Waals surface area (Å²) in [7, 11) is 2.14. The van der Waals surface area contributed by atoms with Gasteiger partial charge in [0.2, 0.25) is 0 Å². The van der Waals surface area contributed by atoms with Gasteiger partial charge in [-0.05, 0) is 51.0 Å². The van der Waals surface area contributed by atoms with Gasteiger partial charge < -0.3 is 14.7 Å². The van der Waals surface area contributed by atoms with Crippen molar-refractivity contribution in [2.45, 2.75) is 25.0 Å². The Morgan fingerprint density at radius 1 is 1.13 bits per heavy atom. The van der Waals surface area contributed by atoms with Crippen LogP contribution in [0.5, 0.6) is 5.75 Å². The molecule has 3 heterocycles. The smallest absolute Gasteiger partial charge is 0.131 e. The molecule has 1 saturated heterocycles. The number of ether oxygens (including phenoxy) is 1. The number of fused-ring (bicyclic) bond motifs is 2. The average Bonchev–Trinajstić information content (AvgIpc) is 2.72. The van der Waals surface area contributed by atoms with E-state index in [1.54, 1.807) is 6.20 Å². The number of rotatable bonds is 1. The molecule has 1 unspecified atom stereocenters. The first-order valence-electron chi connectivity index (χ1n) is 8.27. The van der Waals surface area contributed by atoms with Gasteiger partial charge in [0, 0.05) is 17.3 Å². The third-order valence-electron chi connectivity index (χ3n) is 5.27. The molecule has 1 atom stereocenters. The second-order valence-corrected chi connectivity index (χ2v) is 6.63. The molecule has 0 aliphatic carbocycles. The van der Waals surface area contributed by atoms with E-state index < -0.39 is 5.60 Å². The van der Waals surface area contributed by atoms with Crippen LogP contribution in [0.25, 0.3) is 0 Å². The van der Waals surface area contributed by atoms with Crippen LogP contribution in [-0.2, 0) is 12.2 Å². The SMILES string of the molecule is CN1CCC(C2(O)c3ccccc3OCc3ncccc32)CC1. The molecule has 2 aliphatic rings. The average molecular weight is 310 g/mol. The summed E-state index contributed by atoms with van der Waals surface area (Å²) in [4.78, 5) is 6.79. The molecule has 4 rings (SSSR count). The van der Waals surface area contributed by atoms with Gasteiger partial charge in [0.15, 0.2) is 0 Å². The summed E-state index contributed by atoms with van der Waals surface area (Å²) < 4.78 is 5.95. The van der Waals surface area contributed by atoms with Gasteiger partial charge in [-0.3, -0.25) is 4.98 Å². The molecule has 1 fully saturated rings. The summed E-state index contributed by atoms with van der Waals surface area (Å²) in [6, 6.07) is 11.8. The van der Waals surface area contributed by atoms with Crippen molar-refractivity contribution in [1.29, 1.82) is 0 Å². The summed E-state index contributed by atoms with van der Waals surface area (Å²) in [6.45, 7) is 2.42. The standard InChI is InChI=1S/C19H22N2O2/c1-21-11-8-14(9-12-21)19(22)15-6-4-10-20-17(15)13-23-18-7-3-2-5-16(18)19/h2-7,10,14,22H,8-9,11-13H2,1H3. The topological polar surface area (TPSA) is 45.6 Å². The Morgan fingerprint density at radius 3 is 2.70 bits per heavy atom. The van der Waals surface area contributed by atoms with E-state index >= 15 is 0 Å². The molecule has 0 bridgehead atoms. The van der Waals surface area contributed by atoms with Crippen LogP contribution in [0, 0.1) is 5.92 Å². The van der Waals surface area contributed by atoms with E-state index in [9.17, 15) is 5.11 Å². The second kappa shape index (κ2) is 5.62. The summed E-state index contributed by atoms with van der Waals surface area (Å²) >= 11 is 0. The quantitative estimate of drug-likeness (QED) is 0.879. The maximum atomic E-state index is 11.9. The van der Waals surface area contributed by atoms with Crippen molar-refractivity contribution in [2.24, 2.45) is 5.92 Å². The van der Waals surface area contributed by atoms with Crippen LogP contribution in [0.4, 0.5) is 0 Å². The fourth-order valence-electron chi connectivity index (χ4n) is 3.96. The zero-order chi connectivity index (χ0) is 15.9. The van der Waals surface area contributed by atoms with E-state index in [2.05, 4.69) is 16.9 Å². The molecule has 1 N–H and O–H groups in total. The molecule has 0 radical (unpaired) electrons. The largest absolute Gasteiger partial charge is 0.487 e. The van der Waals surface area contributed by atoms with Crippen LogP contribution in [-0.4, -0.2) is 35.1 Å². The number of likely N-dealkylation sites (tertiary alicyclic amines) is 1. The molecule has 2 aliphatic heterocycles. The Balaban J connectivity index is 1.89. The van der Waals surface area contributed by atoms with Crippen LogP contribution in [0.15, 0.2) is 42.6 Å². The lowest BCUT2D eigenvalue weighted by Crippen LogP contribution is -2.43. The van der Waals surface area contributed by atoms with Crippen LogP contribution in [0.1, 0.15) is 29.7 Å². The minimum Gasteiger partial charge on any atom is -0.487 e. The molecule has 1 aromatic carbocycles. The zero-order valence-electron chi connectivity index (χ0n) is 13.4. The first kappa shape index (κ1) is 14.7. The van der Waals surface area contributed by atoms with Gasteiger partial charge in [0.1, 0.15) is 18.0 Å². The van der Waals surface area contributed by atoms with E-state index in [1.165, 1.54) is 0 Å². The van der Waals surface area contributed by atoms with Crippen molar-refractivity contribution in [1.82, 2.24) is 9.88 Å². The van der Waals surface area contributed by atoms with Gasteiger partial charge in [-0.2, -0.15) is 0 Å². The van der Waals surface area contributed by atoms with Crippen molar-refractivity contribution in [3.8, 4) is 5.75 Å². The number of aromatic nitrogens is 1. The number of benzene rings is 1. The number of pyridine rings is 1. The normalized spacial score (nSPS) is 25.1. The second-order valence-electron chi connectivity index (χ2n) is 6.63. The number of hydrogen-bond acceptors (Lipinski definition) is 4. The highest BCUT2D eigenvalue weighted by Gasteiger charge is 2.45. The minimum absolute atomic E-state index is 0.171. The van der Waals surface area contributed by atoms with Crippen molar-refractivity contribution in [3.63, 3.8) is 0 Å². The number of piperidine rings is 1. The van der Waals surface area contributed by atoms with Gasteiger partial charge in [-0.1, -0.05) is 24.3 Å². The number of nitrogens with zero attached hydrogens (tertiary/aromatic N) is 2. The van der Waals surface area contributed by atoms with Crippen LogP contribution in [0.3, 0.4) is 0 Å². The van der Waals surface area contributed by atoms with Crippen molar-refractivity contribution >= 4 is 0 Å². The van der Waals surface area contributed by atoms with Crippen LogP contribution in [0.2, 0.25) is 0 Å². The molecular weight excluding hydrogens is 288 g/mol. The summed E-state index contributed by atoms with van der Waals surface area (Å²) in [6.07, 6.45) is 3.71. The molecule has 1 aromatic heterocycles. The monoisotopic (exact) mass is 310 g/mol. The molecule has 0 saturated carbocycles. The Labute approximate surface area is 136 Å². The lowest BCUT2D eigenvalue weighted by Gasteiger charge is -2.41. The third-order valence-corrected chi connectivity index (χ3v) is 5.27. The van der Waals surface area contributed by atoms with Gasteiger partial charge in [-0.25, -0.2) is 0 Å². The highest BCUT2D eigenvalue weighted by Crippen LogP contribution is 2.47. The van der Waals surface area contributed by atoms with Gasteiger partial charge in [0.05, 0.1) is 5.69 Å². The highest BCUT2D eigenvalue weighted by atomic mass is 16.5. The van der Waals surface area contributed by atoms with E-state index in [0.717, 1.165) is 48.5 Å². The maximum absolute atomic E-state index is 11.9. The van der Waals surface area contributed by atoms with Crippen molar-refractivity contribution in [2.75, 3.05) is 20.1 Å². The zero-order valence-corrected chi connectivity index (χ0v) is 13.4. The summed E-state index contributed by atoms with van der Waals surface area (Å²) in [5, 5.41) is 11.9. The van der Waals surface area contributed by atoms with Gasteiger partial charge in [0.25, 0.3) is 0 Å². The van der Waals surface area contributed by atoms with Gasteiger partial charge in [-0.15, -0.1) is 0 Å². The Hall–Kier alpha value is -1.91. The predicted octanol–water partition coefficient (Wildman–Crippen LogP) is 2.55. The number of hydrogen-bond donors (Lipinski definition) is 1. The summed E-state index contributed by atoms with van der Waals surface area (Å²) in [5.41, 5.74) is 1.59. The lowest BCUT2D eigenvalue weighted by atomic mass is 9.71. The van der Waals surface area contributed by atoms with Crippen molar-refractivity contribution < 1.29 is 9.84 Å². The molecule has 23 heavy (non-hydrogen) atoms. The number of aliphatic hydroxyl groups is 1. The predicted molar refractivity (Wildman–Crippen MR) is 88.2 cm³/mol. The molecule has 120 valence electrons. The fraction of sp³-hybridized carbons (Fsp3) is 0.421.